The highest BCUT2D eigenvalue weighted by Crippen LogP contribution is 2.19. The van der Waals surface area contributed by atoms with Gasteiger partial charge < -0.3 is 31.1 Å². The molecule has 2 aromatic rings. The predicted molar refractivity (Wildman–Crippen MR) is 128 cm³/mol. The number of carbonyl (C=O) groups excluding carboxylic acids is 4. The van der Waals surface area contributed by atoms with Crippen molar-refractivity contribution in [2.75, 3.05) is 19.8 Å². The third-order valence-electron chi connectivity index (χ3n) is 5.75. The molecule has 0 aliphatic carbocycles. The number of nitrogens with zero attached hydrogens (tertiary/aromatic N) is 3. The van der Waals surface area contributed by atoms with Gasteiger partial charge in [-0.3, -0.25) is 24.2 Å². The topological polar surface area (TPSA) is 194 Å². The quantitative estimate of drug-likeness (QED) is 0.288. The Labute approximate surface area is 212 Å². The lowest BCUT2D eigenvalue weighted by atomic mass is 9.95. The number of nitrogens with two attached hydrogens (primary N) is 1. The minimum atomic E-state index is -1.24. The molecule has 3 atom stereocenters. The van der Waals surface area contributed by atoms with Gasteiger partial charge in [0.15, 0.2) is 0 Å². The van der Waals surface area contributed by atoms with Crippen LogP contribution < -0.4 is 16.4 Å². The molecule has 1 saturated heterocycles. The standard InChI is InChI=1S/C24H28N6O7/c25-22(34)17(10-15-4-2-1-3-5-15)29-24(36)19-11-16(28-23(35)18-12-26-7-8-27-18)6-9-30(19)20(31)13-37-14-21(32)33/h1-5,7-8,12,16-17,19H,6,9-11,13-14H2,(H2,25,34)(H,28,35)(H,29,36)(H,32,33)/t16-,17+,19-/m0/s1. The molecule has 13 nitrogen and oxygen atoms in total. The second kappa shape index (κ2) is 13.1. The molecule has 4 amide bonds. The lowest BCUT2D eigenvalue weighted by Gasteiger charge is -2.39. The van der Waals surface area contributed by atoms with Crippen molar-refractivity contribution in [1.29, 1.82) is 0 Å². The maximum Gasteiger partial charge on any atom is 0.329 e. The van der Waals surface area contributed by atoms with Gasteiger partial charge in [0.2, 0.25) is 17.7 Å². The zero-order valence-corrected chi connectivity index (χ0v) is 19.9. The predicted octanol–water partition coefficient (Wildman–Crippen LogP) is -1.12. The Morgan fingerprint density at radius 2 is 1.89 bits per heavy atom. The van der Waals surface area contributed by atoms with Crippen molar-refractivity contribution in [2.45, 2.75) is 37.4 Å². The highest BCUT2D eigenvalue weighted by Gasteiger charge is 2.38. The van der Waals surface area contributed by atoms with E-state index < -0.39 is 60.9 Å². The second-order valence-corrected chi connectivity index (χ2v) is 8.43. The summed E-state index contributed by atoms with van der Waals surface area (Å²) >= 11 is 0. The van der Waals surface area contributed by atoms with Crippen molar-refractivity contribution in [3.63, 3.8) is 0 Å². The minimum Gasteiger partial charge on any atom is -0.480 e. The molecule has 3 rings (SSSR count). The number of aliphatic carboxylic acids is 1. The maximum absolute atomic E-state index is 13.3. The smallest absolute Gasteiger partial charge is 0.329 e. The van der Waals surface area contributed by atoms with Gasteiger partial charge in [-0.25, -0.2) is 9.78 Å². The number of ether oxygens (including phenoxy) is 1. The van der Waals surface area contributed by atoms with Gasteiger partial charge in [0.1, 0.15) is 31.0 Å². The molecule has 0 saturated carbocycles. The van der Waals surface area contributed by atoms with Crippen molar-refractivity contribution < 1.29 is 33.8 Å². The molecule has 37 heavy (non-hydrogen) atoms. The lowest BCUT2D eigenvalue weighted by Crippen LogP contribution is -2.60. The number of hydrogen-bond donors (Lipinski definition) is 4. The lowest BCUT2D eigenvalue weighted by molar-refractivity contribution is -0.150. The van der Waals surface area contributed by atoms with Crippen LogP contribution in [0.3, 0.4) is 0 Å². The number of piperidine rings is 1. The Bertz CT molecular complexity index is 1120. The first-order chi connectivity index (χ1) is 17.7. The van der Waals surface area contributed by atoms with E-state index in [1.54, 1.807) is 24.3 Å². The van der Waals surface area contributed by atoms with Crippen molar-refractivity contribution in [3.05, 3.63) is 60.2 Å². The van der Waals surface area contributed by atoms with Crippen molar-refractivity contribution >= 4 is 29.6 Å². The molecule has 5 N–H and O–H groups in total. The highest BCUT2D eigenvalue weighted by molar-refractivity contribution is 5.93. The van der Waals surface area contributed by atoms with Crippen molar-refractivity contribution in [2.24, 2.45) is 5.73 Å². The number of rotatable bonds is 11. The summed E-state index contributed by atoms with van der Waals surface area (Å²) in [6, 6.07) is 6.37. The van der Waals surface area contributed by atoms with Gasteiger partial charge in [-0.1, -0.05) is 30.3 Å². The van der Waals surface area contributed by atoms with Gasteiger partial charge in [0, 0.05) is 31.4 Å². The molecule has 0 spiro atoms. The molecule has 196 valence electrons. The van der Waals surface area contributed by atoms with Crippen LogP contribution in [0.25, 0.3) is 0 Å². The summed E-state index contributed by atoms with van der Waals surface area (Å²) in [5.74, 6) is -3.70. The monoisotopic (exact) mass is 512 g/mol. The number of hydrogen-bond acceptors (Lipinski definition) is 8. The van der Waals surface area contributed by atoms with Crippen LogP contribution >= 0.6 is 0 Å². The number of benzene rings is 1. The molecule has 13 heteroatoms. The zero-order valence-electron chi connectivity index (χ0n) is 19.9. The molecule has 0 unspecified atom stereocenters. The third kappa shape index (κ3) is 8.07. The summed E-state index contributed by atoms with van der Waals surface area (Å²) in [7, 11) is 0. The molecule has 2 heterocycles. The van der Waals surface area contributed by atoms with E-state index in [9.17, 15) is 24.0 Å². The van der Waals surface area contributed by atoms with E-state index in [-0.39, 0.29) is 25.1 Å². The van der Waals surface area contributed by atoms with E-state index in [2.05, 4.69) is 20.6 Å². The van der Waals surface area contributed by atoms with E-state index in [1.807, 2.05) is 6.07 Å². The first-order valence-electron chi connectivity index (χ1n) is 11.5. The van der Waals surface area contributed by atoms with E-state index in [0.717, 1.165) is 5.56 Å². The van der Waals surface area contributed by atoms with Crippen LogP contribution in [-0.4, -0.2) is 87.5 Å². The van der Waals surface area contributed by atoms with Crippen LogP contribution in [0.2, 0.25) is 0 Å². The Hall–Kier alpha value is -4.39. The number of aromatic nitrogens is 2. The van der Waals surface area contributed by atoms with Crippen molar-refractivity contribution in [1.82, 2.24) is 25.5 Å². The van der Waals surface area contributed by atoms with Gasteiger partial charge in [0.25, 0.3) is 5.91 Å². The highest BCUT2D eigenvalue weighted by atomic mass is 16.5. The van der Waals surface area contributed by atoms with Gasteiger partial charge in [-0.05, 0) is 18.4 Å². The average molecular weight is 513 g/mol. The SMILES string of the molecule is NC(=O)[C@@H](Cc1ccccc1)NC(=O)[C@@H]1C[C@@H](NC(=O)c2cnccn2)CCN1C(=O)COCC(=O)O. The number of carboxylic acid groups (broad SMARTS) is 1. The van der Waals surface area contributed by atoms with Crippen LogP contribution in [0.4, 0.5) is 0 Å². The summed E-state index contributed by atoms with van der Waals surface area (Å²) in [6.07, 6.45) is 4.62. The molecular formula is C24H28N6O7. The van der Waals surface area contributed by atoms with Gasteiger partial charge in [-0.15, -0.1) is 0 Å². The van der Waals surface area contributed by atoms with Gasteiger partial charge in [-0.2, -0.15) is 0 Å². The first kappa shape index (κ1) is 27.2. The van der Waals surface area contributed by atoms with E-state index in [1.165, 1.54) is 23.5 Å². The summed E-state index contributed by atoms with van der Waals surface area (Å²) in [4.78, 5) is 70.5. The van der Waals surface area contributed by atoms with Crippen LogP contribution in [0.1, 0.15) is 28.9 Å². The van der Waals surface area contributed by atoms with Crippen LogP contribution in [0, 0.1) is 0 Å². The Kier molecular flexibility index (Phi) is 9.61. The minimum absolute atomic E-state index is 0.0410. The summed E-state index contributed by atoms with van der Waals surface area (Å²) < 4.78 is 4.90. The molecule has 1 aliphatic heterocycles. The molecule has 0 radical (unpaired) electrons. The molecule has 1 aromatic carbocycles. The molecule has 1 aromatic heterocycles. The molecule has 1 aliphatic rings. The molecular weight excluding hydrogens is 484 g/mol. The van der Waals surface area contributed by atoms with Gasteiger partial charge in [0.05, 0.1) is 6.20 Å². The Balaban J connectivity index is 1.73. The third-order valence-corrected chi connectivity index (χ3v) is 5.75. The number of carbonyl (C=O) groups is 5. The summed E-state index contributed by atoms with van der Waals surface area (Å²) in [5.41, 5.74) is 6.40. The van der Waals surface area contributed by atoms with E-state index in [0.29, 0.717) is 6.42 Å². The van der Waals surface area contributed by atoms with Crippen LogP contribution in [-0.2, 0) is 30.3 Å². The Morgan fingerprint density at radius 1 is 1.14 bits per heavy atom. The number of carboxylic acids is 1. The number of primary amides is 1. The molecule has 0 bridgehead atoms. The number of nitrogens with one attached hydrogen (secondary N) is 2. The summed E-state index contributed by atoms with van der Waals surface area (Å²) in [6.45, 7) is -1.14. The fourth-order valence-electron chi connectivity index (χ4n) is 3.97. The van der Waals surface area contributed by atoms with E-state index in [4.69, 9.17) is 15.6 Å². The van der Waals surface area contributed by atoms with Gasteiger partial charge >= 0.3 is 5.97 Å². The number of amides is 4. The van der Waals surface area contributed by atoms with Crippen LogP contribution in [0.5, 0.6) is 0 Å². The molecule has 1 fully saturated rings. The normalized spacial score (nSPS) is 17.9. The summed E-state index contributed by atoms with van der Waals surface area (Å²) in [5, 5.41) is 14.2. The average Bonchev–Trinajstić information content (AvgIpc) is 2.89. The maximum atomic E-state index is 13.3. The second-order valence-electron chi connectivity index (χ2n) is 8.43. The van der Waals surface area contributed by atoms with Crippen molar-refractivity contribution in [3.8, 4) is 0 Å². The van der Waals surface area contributed by atoms with Crippen LogP contribution in [0.15, 0.2) is 48.9 Å². The fraction of sp³-hybridized carbons (Fsp3) is 0.375. The first-order valence-corrected chi connectivity index (χ1v) is 11.5. The zero-order chi connectivity index (χ0) is 26.8. The largest absolute Gasteiger partial charge is 0.480 e. The Morgan fingerprint density at radius 3 is 2.54 bits per heavy atom. The number of likely N-dealkylation sites (tertiary alicyclic amines) is 1. The van der Waals surface area contributed by atoms with E-state index >= 15 is 0 Å². The fourth-order valence-corrected chi connectivity index (χ4v) is 3.97.